The van der Waals surface area contributed by atoms with Crippen LogP contribution in [0.5, 0.6) is 0 Å². The molecule has 1 atom stereocenters. The first-order chi connectivity index (χ1) is 13.1. The van der Waals surface area contributed by atoms with Crippen LogP contribution in [0.4, 0.5) is 11.4 Å². The van der Waals surface area contributed by atoms with Crippen LogP contribution < -0.4 is 10.2 Å². The molecule has 27 heavy (non-hydrogen) atoms. The van der Waals surface area contributed by atoms with Gasteiger partial charge in [0.25, 0.3) is 5.91 Å². The molecular formula is C23H20N2O2. The molecule has 0 bridgehead atoms. The van der Waals surface area contributed by atoms with E-state index in [1.165, 1.54) is 0 Å². The molecule has 0 fully saturated rings. The zero-order valence-corrected chi connectivity index (χ0v) is 15.3. The summed E-state index contributed by atoms with van der Waals surface area (Å²) in [5.41, 5.74) is 5.10. The zero-order chi connectivity index (χ0) is 19.0. The van der Waals surface area contributed by atoms with Crippen molar-refractivity contribution in [2.75, 3.05) is 10.2 Å². The van der Waals surface area contributed by atoms with Crippen LogP contribution in [0.2, 0.25) is 0 Å². The molecule has 0 aliphatic carbocycles. The lowest BCUT2D eigenvalue weighted by atomic mass is 10.1. The summed E-state index contributed by atoms with van der Waals surface area (Å²) in [6.45, 7) is 3.55. The number of benzene rings is 3. The number of carbonyl (C=O) groups excluding carboxylic acids is 2. The molecule has 0 unspecified atom stereocenters. The van der Waals surface area contributed by atoms with E-state index < -0.39 is 0 Å². The van der Waals surface area contributed by atoms with E-state index in [1.807, 2.05) is 67.6 Å². The van der Waals surface area contributed by atoms with Gasteiger partial charge in [0, 0.05) is 28.1 Å². The number of nitrogens with one attached hydrogen (secondary N) is 1. The average Bonchev–Trinajstić information content (AvgIpc) is 2.95. The van der Waals surface area contributed by atoms with E-state index in [0.717, 1.165) is 22.5 Å². The van der Waals surface area contributed by atoms with Gasteiger partial charge < -0.3 is 5.32 Å². The standard InChI is InChI=1S/C23H20N2O2/c1-15-7-3-6-10-21(15)25-22(19-8-4-5-9-20(19)23(25)27)24-18-13-11-17(12-14-18)16(2)26/h3-14,22,24H,1-2H3/t22-/m0/s1. The molecule has 0 spiro atoms. The van der Waals surface area contributed by atoms with Crippen LogP contribution in [0, 0.1) is 6.92 Å². The summed E-state index contributed by atoms with van der Waals surface area (Å²) in [5.74, 6) is 0.0160. The highest BCUT2D eigenvalue weighted by Gasteiger charge is 2.38. The maximum absolute atomic E-state index is 13.1. The minimum atomic E-state index is -0.307. The molecule has 1 aliphatic heterocycles. The van der Waals surface area contributed by atoms with Crippen molar-refractivity contribution in [1.29, 1.82) is 0 Å². The summed E-state index contributed by atoms with van der Waals surface area (Å²) in [5, 5.41) is 3.46. The van der Waals surface area contributed by atoms with Gasteiger partial charge in [-0.1, -0.05) is 36.4 Å². The summed E-state index contributed by atoms with van der Waals surface area (Å²) < 4.78 is 0. The molecule has 0 aromatic heterocycles. The fraction of sp³-hybridized carbons (Fsp3) is 0.130. The highest BCUT2D eigenvalue weighted by atomic mass is 16.2. The van der Waals surface area contributed by atoms with Crippen molar-refractivity contribution in [3.63, 3.8) is 0 Å². The van der Waals surface area contributed by atoms with E-state index >= 15 is 0 Å². The quantitative estimate of drug-likeness (QED) is 0.672. The van der Waals surface area contributed by atoms with Gasteiger partial charge in [-0.25, -0.2) is 0 Å². The Morgan fingerprint density at radius 3 is 2.30 bits per heavy atom. The lowest BCUT2D eigenvalue weighted by molar-refractivity contribution is 0.0990. The van der Waals surface area contributed by atoms with E-state index in [2.05, 4.69) is 5.32 Å². The molecule has 4 nitrogen and oxygen atoms in total. The van der Waals surface area contributed by atoms with E-state index in [-0.39, 0.29) is 17.9 Å². The Hall–Kier alpha value is -3.40. The van der Waals surface area contributed by atoms with E-state index in [4.69, 9.17) is 0 Å². The second-order valence-corrected chi connectivity index (χ2v) is 6.73. The van der Waals surface area contributed by atoms with Crippen LogP contribution in [-0.2, 0) is 0 Å². The van der Waals surface area contributed by atoms with Gasteiger partial charge in [0.15, 0.2) is 5.78 Å². The minimum Gasteiger partial charge on any atom is -0.361 e. The van der Waals surface area contributed by atoms with Crippen molar-refractivity contribution >= 4 is 23.1 Å². The molecule has 0 radical (unpaired) electrons. The number of para-hydroxylation sites is 1. The predicted molar refractivity (Wildman–Crippen MR) is 107 cm³/mol. The highest BCUT2D eigenvalue weighted by Crippen LogP contribution is 2.39. The number of carbonyl (C=O) groups is 2. The van der Waals surface area contributed by atoms with E-state index in [0.29, 0.717) is 11.1 Å². The summed E-state index contributed by atoms with van der Waals surface area (Å²) in [7, 11) is 0. The Kier molecular flexibility index (Phi) is 4.24. The van der Waals surface area contributed by atoms with Crippen molar-refractivity contribution in [3.05, 3.63) is 95.1 Å². The first-order valence-corrected chi connectivity index (χ1v) is 8.92. The summed E-state index contributed by atoms with van der Waals surface area (Å²) >= 11 is 0. The lowest BCUT2D eigenvalue weighted by Crippen LogP contribution is -2.32. The first-order valence-electron chi connectivity index (χ1n) is 8.92. The van der Waals surface area contributed by atoms with Crippen LogP contribution in [0.15, 0.2) is 72.8 Å². The minimum absolute atomic E-state index is 0.0160. The fourth-order valence-corrected chi connectivity index (χ4v) is 3.50. The Balaban J connectivity index is 1.76. The largest absolute Gasteiger partial charge is 0.361 e. The molecule has 1 heterocycles. The van der Waals surface area contributed by atoms with E-state index in [9.17, 15) is 9.59 Å². The second kappa shape index (κ2) is 6.72. The number of amides is 1. The molecule has 4 rings (SSSR count). The van der Waals surface area contributed by atoms with Crippen molar-refractivity contribution in [2.45, 2.75) is 20.0 Å². The maximum atomic E-state index is 13.1. The van der Waals surface area contributed by atoms with Gasteiger partial charge in [0.1, 0.15) is 6.17 Å². The first kappa shape index (κ1) is 17.0. The van der Waals surface area contributed by atoms with E-state index in [1.54, 1.807) is 24.0 Å². The van der Waals surface area contributed by atoms with Crippen LogP contribution in [0.3, 0.4) is 0 Å². The third-order valence-corrected chi connectivity index (χ3v) is 4.93. The van der Waals surface area contributed by atoms with Gasteiger partial charge in [-0.3, -0.25) is 14.5 Å². The fourth-order valence-electron chi connectivity index (χ4n) is 3.50. The highest BCUT2D eigenvalue weighted by molar-refractivity contribution is 6.11. The number of aryl methyl sites for hydroxylation is 1. The normalized spacial score (nSPS) is 15.6. The molecule has 0 saturated heterocycles. The van der Waals surface area contributed by atoms with Gasteiger partial charge in [-0.2, -0.15) is 0 Å². The molecule has 1 aliphatic rings. The number of fused-ring (bicyclic) bond motifs is 1. The van der Waals surface area contributed by atoms with Crippen molar-refractivity contribution in [1.82, 2.24) is 0 Å². The van der Waals surface area contributed by atoms with Crippen LogP contribution in [-0.4, -0.2) is 11.7 Å². The third kappa shape index (κ3) is 2.99. The van der Waals surface area contributed by atoms with Gasteiger partial charge in [0.05, 0.1) is 0 Å². The number of ketones is 1. The number of Topliss-reactive ketones (excluding diaryl/α,β-unsaturated/α-hetero) is 1. The van der Waals surface area contributed by atoms with Crippen LogP contribution in [0.1, 0.15) is 44.9 Å². The van der Waals surface area contributed by atoms with Gasteiger partial charge >= 0.3 is 0 Å². The topological polar surface area (TPSA) is 49.4 Å². The molecule has 1 amide bonds. The number of nitrogens with zero attached hydrogens (tertiary/aromatic N) is 1. The number of anilines is 2. The summed E-state index contributed by atoms with van der Waals surface area (Å²) in [6, 6.07) is 22.9. The molecule has 134 valence electrons. The summed E-state index contributed by atoms with van der Waals surface area (Å²) in [6.07, 6.45) is -0.307. The predicted octanol–water partition coefficient (Wildman–Crippen LogP) is 4.97. The smallest absolute Gasteiger partial charge is 0.260 e. The Labute approximate surface area is 158 Å². The van der Waals surface area contributed by atoms with Gasteiger partial charge in [-0.15, -0.1) is 0 Å². The SMILES string of the molecule is CC(=O)c1ccc(N[C@@H]2c3ccccc3C(=O)N2c2ccccc2C)cc1. The molecule has 0 saturated carbocycles. The van der Waals surface area contributed by atoms with Crippen molar-refractivity contribution in [3.8, 4) is 0 Å². The average molecular weight is 356 g/mol. The van der Waals surface area contributed by atoms with Crippen molar-refractivity contribution in [2.24, 2.45) is 0 Å². The Morgan fingerprint density at radius 1 is 0.926 bits per heavy atom. The number of hydrogen-bond acceptors (Lipinski definition) is 3. The Morgan fingerprint density at radius 2 is 1.59 bits per heavy atom. The molecular weight excluding hydrogens is 336 g/mol. The second-order valence-electron chi connectivity index (χ2n) is 6.73. The zero-order valence-electron chi connectivity index (χ0n) is 15.3. The Bertz CT molecular complexity index is 1020. The molecule has 3 aromatic rings. The summed E-state index contributed by atoms with van der Waals surface area (Å²) in [4.78, 5) is 26.4. The maximum Gasteiger partial charge on any atom is 0.260 e. The number of rotatable bonds is 4. The lowest BCUT2D eigenvalue weighted by Gasteiger charge is -2.28. The number of hydrogen-bond donors (Lipinski definition) is 1. The van der Waals surface area contributed by atoms with Gasteiger partial charge in [-0.05, 0) is 55.8 Å². The monoisotopic (exact) mass is 356 g/mol. The van der Waals surface area contributed by atoms with Crippen LogP contribution in [0.25, 0.3) is 0 Å². The third-order valence-electron chi connectivity index (χ3n) is 4.93. The van der Waals surface area contributed by atoms with Gasteiger partial charge in [0.2, 0.25) is 0 Å². The van der Waals surface area contributed by atoms with Crippen molar-refractivity contribution < 1.29 is 9.59 Å². The molecule has 3 aromatic carbocycles. The molecule has 4 heteroatoms. The van der Waals surface area contributed by atoms with Crippen LogP contribution >= 0.6 is 0 Å². The molecule has 1 N–H and O–H groups in total.